The molecule has 0 bridgehead atoms. The summed E-state index contributed by atoms with van der Waals surface area (Å²) in [5, 5.41) is 12.9. The van der Waals surface area contributed by atoms with Gasteiger partial charge in [0.05, 0.1) is 11.3 Å². The van der Waals surface area contributed by atoms with Gasteiger partial charge in [0.15, 0.2) is 17.1 Å². The number of amides is 1. The molecule has 1 unspecified atom stereocenters. The third-order valence-electron chi connectivity index (χ3n) is 3.90. The lowest BCUT2D eigenvalue weighted by molar-refractivity contribution is 0.0996. The highest BCUT2D eigenvalue weighted by molar-refractivity contribution is 7.99. The highest BCUT2D eigenvalue weighted by Gasteiger charge is 2.21. The summed E-state index contributed by atoms with van der Waals surface area (Å²) in [5.74, 6) is 1.01. The van der Waals surface area contributed by atoms with Crippen molar-refractivity contribution < 1.29 is 9.53 Å². The van der Waals surface area contributed by atoms with Crippen molar-refractivity contribution in [3.8, 4) is 10.4 Å². The van der Waals surface area contributed by atoms with Gasteiger partial charge >= 0.3 is 0 Å². The van der Waals surface area contributed by atoms with Crippen LogP contribution in [0.15, 0.2) is 30.3 Å². The highest BCUT2D eigenvalue weighted by atomic mass is 35.5. The topological polar surface area (TPSA) is 90.1 Å². The standard InChI is InChI=1S/C17H15ClN4O2S2/c18-10-4-2-9(3-5-10)12-8-11-14(26-12)13(15(19)23)21-22-16(11)20-17-24-6-1-7-25-17/h2-5,8,17H,1,6-7H2,(H2,19,23)(H,20,22). The van der Waals surface area contributed by atoms with E-state index in [1.807, 2.05) is 30.3 Å². The Bertz CT molecular complexity index is 955. The van der Waals surface area contributed by atoms with E-state index >= 15 is 0 Å². The molecule has 0 spiro atoms. The van der Waals surface area contributed by atoms with E-state index in [-0.39, 0.29) is 11.3 Å². The smallest absolute Gasteiger partial charge is 0.270 e. The molecule has 1 saturated heterocycles. The lowest BCUT2D eigenvalue weighted by atomic mass is 10.1. The number of anilines is 1. The molecule has 0 radical (unpaired) electrons. The number of benzene rings is 1. The minimum Gasteiger partial charge on any atom is -0.364 e. The van der Waals surface area contributed by atoms with Gasteiger partial charge in [-0.1, -0.05) is 23.7 Å². The summed E-state index contributed by atoms with van der Waals surface area (Å²) in [4.78, 5) is 12.7. The molecule has 1 aliphatic rings. The number of nitrogens with one attached hydrogen (secondary N) is 1. The molecule has 6 nitrogen and oxygen atoms in total. The predicted octanol–water partition coefficient (Wildman–Crippen LogP) is 3.96. The fourth-order valence-electron chi connectivity index (χ4n) is 2.65. The van der Waals surface area contributed by atoms with Crippen LogP contribution in [0.5, 0.6) is 0 Å². The van der Waals surface area contributed by atoms with E-state index in [0.29, 0.717) is 22.1 Å². The van der Waals surface area contributed by atoms with Crippen molar-refractivity contribution in [1.29, 1.82) is 0 Å². The first-order valence-electron chi connectivity index (χ1n) is 7.97. The molecule has 9 heteroatoms. The van der Waals surface area contributed by atoms with Crippen molar-refractivity contribution in [3.63, 3.8) is 0 Å². The van der Waals surface area contributed by atoms with Gasteiger partial charge in [0, 0.05) is 15.3 Å². The maximum atomic E-state index is 11.8. The Hall–Kier alpha value is -1.87. The largest absolute Gasteiger partial charge is 0.364 e. The lowest BCUT2D eigenvalue weighted by Gasteiger charge is -2.23. The van der Waals surface area contributed by atoms with E-state index in [4.69, 9.17) is 22.1 Å². The summed E-state index contributed by atoms with van der Waals surface area (Å²) in [6.07, 6.45) is 1.03. The maximum absolute atomic E-state index is 11.8. The molecular weight excluding hydrogens is 392 g/mol. The van der Waals surface area contributed by atoms with Gasteiger partial charge in [-0.2, -0.15) is 0 Å². The van der Waals surface area contributed by atoms with Crippen LogP contribution in [0.3, 0.4) is 0 Å². The zero-order valence-corrected chi connectivity index (χ0v) is 16.0. The van der Waals surface area contributed by atoms with Gasteiger partial charge in [-0.15, -0.1) is 33.3 Å². The Morgan fingerprint density at radius 2 is 2.12 bits per heavy atom. The van der Waals surface area contributed by atoms with E-state index in [2.05, 4.69) is 15.5 Å². The number of hydrogen-bond donors (Lipinski definition) is 2. The number of halogens is 1. The number of thiophene rings is 1. The van der Waals surface area contributed by atoms with Crippen molar-refractivity contribution in [2.75, 3.05) is 17.7 Å². The van der Waals surface area contributed by atoms with Crippen LogP contribution >= 0.6 is 34.7 Å². The maximum Gasteiger partial charge on any atom is 0.270 e. The van der Waals surface area contributed by atoms with Crippen LogP contribution in [0, 0.1) is 0 Å². The van der Waals surface area contributed by atoms with E-state index in [1.165, 1.54) is 11.3 Å². The first kappa shape index (κ1) is 17.5. The predicted molar refractivity (Wildman–Crippen MR) is 107 cm³/mol. The summed E-state index contributed by atoms with van der Waals surface area (Å²) in [7, 11) is 0. The monoisotopic (exact) mass is 406 g/mol. The quantitative estimate of drug-likeness (QED) is 0.681. The van der Waals surface area contributed by atoms with Crippen LogP contribution in [-0.2, 0) is 4.74 Å². The van der Waals surface area contributed by atoms with E-state index in [0.717, 1.165) is 28.0 Å². The molecule has 134 valence electrons. The fourth-order valence-corrected chi connectivity index (χ4v) is 4.82. The van der Waals surface area contributed by atoms with E-state index in [1.54, 1.807) is 11.8 Å². The number of thioether (sulfide) groups is 1. The molecule has 1 fully saturated rings. The summed E-state index contributed by atoms with van der Waals surface area (Å²) in [6.45, 7) is 0.709. The van der Waals surface area contributed by atoms with Crippen LogP contribution in [0.2, 0.25) is 5.02 Å². The molecule has 2 aromatic heterocycles. The third kappa shape index (κ3) is 3.50. The molecule has 1 atom stereocenters. The highest BCUT2D eigenvalue weighted by Crippen LogP contribution is 2.38. The van der Waals surface area contributed by atoms with Crippen molar-refractivity contribution in [1.82, 2.24) is 10.2 Å². The SMILES string of the molecule is NC(=O)c1nnc(NC2OCCCS2)c2cc(-c3ccc(Cl)cc3)sc12. The number of nitrogens with zero attached hydrogens (tertiary/aromatic N) is 2. The number of aromatic nitrogens is 2. The van der Waals surface area contributed by atoms with Gasteiger partial charge in [0.2, 0.25) is 0 Å². The zero-order chi connectivity index (χ0) is 18.1. The van der Waals surface area contributed by atoms with Gasteiger partial charge < -0.3 is 15.8 Å². The number of primary amides is 1. The number of nitrogens with two attached hydrogens (primary N) is 1. The number of rotatable bonds is 4. The first-order valence-corrected chi connectivity index (χ1v) is 10.2. The van der Waals surface area contributed by atoms with Gasteiger partial charge in [0.1, 0.15) is 0 Å². The first-order chi connectivity index (χ1) is 12.6. The van der Waals surface area contributed by atoms with Crippen LogP contribution in [0.25, 0.3) is 20.5 Å². The number of carbonyl (C=O) groups excluding carboxylic acids is 1. The number of ether oxygens (including phenoxy) is 1. The summed E-state index contributed by atoms with van der Waals surface area (Å²) in [6, 6.07) is 9.52. The van der Waals surface area contributed by atoms with Gasteiger partial charge in [-0.25, -0.2) is 0 Å². The number of carbonyl (C=O) groups is 1. The van der Waals surface area contributed by atoms with Crippen LogP contribution in [0.4, 0.5) is 5.82 Å². The average Bonchev–Trinajstić information content (AvgIpc) is 3.09. The average molecular weight is 407 g/mol. The molecule has 3 N–H and O–H groups in total. The molecule has 3 aromatic rings. The molecule has 3 heterocycles. The van der Waals surface area contributed by atoms with Crippen LogP contribution in [-0.4, -0.2) is 34.0 Å². The molecule has 0 aliphatic carbocycles. The Labute approximate surface area is 163 Å². The van der Waals surface area contributed by atoms with Crippen LogP contribution < -0.4 is 11.1 Å². The molecule has 1 amide bonds. The molecule has 1 aliphatic heterocycles. The number of hydrogen-bond acceptors (Lipinski definition) is 7. The minimum absolute atomic E-state index is 0.174. The molecule has 0 saturated carbocycles. The van der Waals surface area contributed by atoms with Crippen molar-refractivity contribution in [2.45, 2.75) is 12.0 Å². The second-order valence-electron chi connectivity index (χ2n) is 5.69. The Balaban J connectivity index is 1.78. The Morgan fingerprint density at radius 1 is 1.31 bits per heavy atom. The minimum atomic E-state index is -0.596. The van der Waals surface area contributed by atoms with Gasteiger partial charge in [-0.05, 0) is 35.9 Å². The van der Waals surface area contributed by atoms with Crippen molar-refractivity contribution in [2.24, 2.45) is 5.73 Å². The molecular formula is C17H15ClN4O2S2. The van der Waals surface area contributed by atoms with Crippen molar-refractivity contribution >= 4 is 56.5 Å². The van der Waals surface area contributed by atoms with Gasteiger partial charge in [0.25, 0.3) is 5.91 Å². The van der Waals surface area contributed by atoms with Crippen molar-refractivity contribution in [3.05, 3.63) is 41.0 Å². The summed E-state index contributed by atoms with van der Waals surface area (Å²) >= 11 is 9.11. The number of fused-ring (bicyclic) bond motifs is 1. The fraction of sp³-hybridized carbons (Fsp3) is 0.235. The van der Waals surface area contributed by atoms with E-state index < -0.39 is 5.91 Å². The molecule has 4 rings (SSSR count). The molecule has 26 heavy (non-hydrogen) atoms. The van der Waals surface area contributed by atoms with E-state index in [9.17, 15) is 4.79 Å². The normalized spacial score (nSPS) is 17.3. The summed E-state index contributed by atoms with van der Waals surface area (Å²) < 4.78 is 6.40. The van der Waals surface area contributed by atoms with Gasteiger partial charge in [-0.3, -0.25) is 4.79 Å². The molecule has 1 aromatic carbocycles. The summed E-state index contributed by atoms with van der Waals surface area (Å²) in [5.41, 5.74) is 6.47. The van der Waals surface area contributed by atoms with Crippen LogP contribution in [0.1, 0.15) is 16.9 Å². The Kier molecular flexibility index (Phi) is 4.99. The second kappa shape index (κ2) is 7.40. The Morgan fingerprint density at radius 3 is 2.81 bits per heavy atom. The third-order valence-corrected chi connectivity index (χ3v) is 6.42. The second-order valence-corrected chi connectivity index (χ2v) is 8.35. The lowest BCUT2D eigenvalue weighted by Crippen LogP contribution is -2.25. The zero-order valence-electron chi connectivity index (χ0n) is 13.6.